The molecule has 0 aromatic heterocycles. The molecule has 0 bridgehead atoms. The number of nitro benzene ring substituents is 1. The third kappa shape index (κ3) is 4.92. The van der Waals surface area contributed by atoms with E-state index in [-0.39, 0.29) is 11.4 Å². The molecule has 2 N–H and O–H groups in total. The average molecular weight is 416 g/mol. The highest BCUT2D eigenvalue weighted by Gasteiger charge is 2.29. The van der Waals surface area contributed by atoms with Crippen LogP contribution < -0.4 is 15.0 Å². The molecule has 0 unspecified atom stereocenters. The molecule has 0 atom stereocenters. The van der Waals surface area contributed by atoms with E-state index in [9.17, 15) is 10.1 Å². The van der Waals surface area contributed by atoms with Gasteiger partial charge in [-0.25, -0.2) is 0 Å². The van der Waals surface area contributed by atoms with Crippen LogP contribution in [0.15, 0.2) is 18.3 Å². The van der Waals surface area contributed by atoms with E-state index in [1.807, 2.05) is 6.92 Å². The number of likely N-dealkylation sites (tertiary alicyclic amines) is 1. The van der Waals surface area contributed by atoms with Crippen LogP contribution in [0.3, 0.4) is 0 Å². The molecule has 2 aliphatic rings. The summed E-state index contributed by atoms with van der Waals surface area (Å²) in [6.45, 7) is 6.87. The molecular weight excluding hydrogens is 382 g/mol. The molecule has 0 spiro atoms. The first kappa shape index (κ1) is 22.1. The fraction of sp³-hybridized carbons (Fsp3) is 0.591. The third-order valence-electron chi connectivity index (χ3n) is 6.13. The van der Waals surface area contributed by atoms with Crippen molar-refractivity contribution < 1.29 is 9.66 Å². The third-order valence-corrected chi connectivity index (χ3v) is 6.13. The Kier molecular flexibility index (Phi) is 7.68. The topological polar surface area (TPSA) is 94.7 Å². The summed E-state index contributed by atoms with van der Waals surface area (Å²) in [5.41, 5.74) is 2.12. The van der Waals surface area contributed by atoms with E-state index >= 15 is 0 Å². The molecule has 2 heterocycles. The minimum absolute atomic E-state index is 0.0799. The zero-order valence-electron chi connectivity index (χ0n) is 18.0. The molecule has 2 aliphatic heterocycles. The molecule has 8 nitrogen and oxygen atoms in total. The lowest BCUT2D eigenvalue weighted by Gasteiger charge is -2.41. The molecule has 3 rings (SSSR count). The van der Waals surface area contributed by atoms with E-state index in [1.165, 1.54) is 45.7 Å². The lowest BCUT2D eigenvalue weighted by atomic mass is 9.97. The Hall–Kier alpha value is -2.61. The van der Waals surface area contributed by atoms with Gasteiger partial charge in [-0.05, 0) is 45.7 Å². The summed E-state index contributed by atoms with van der Waals surface area (Å²) >= 11 is 0. The maximum absolute atomic E-state index is 11.6. The molecule has 2 saturated heterocycles. The van der Waals surface area contributed by atoms with Crippen LogP contribution in [0.1, 0.15) is 44.6 Å². The highest BCUT2D eigenvalue weighted by atomic mass is 16.6. The van der Waals surface area contributed by atoms with Crippen LogP contribution in [0.25, 0.3) is 5.57 Å². The molecule has 0 saturated carbocycles. The normalized spacial score (nSPS) is 18.9. The fourth-order valence-corrected chi connectivity index (χ4v) is 4.52. The number of ether oxygens (including phenoxy) is 1. The second-order valence-corrected chi connectivity index (χ2v) is 7.91. The number of nitrogens with one attached hydrogen (secondary N) is 2. The Bertz CT molecular complexity index is 781. The number of hydrogen-bond donors (Lipinski definition) is 2. The molecule has 8 heteroatoms. The van der Waals surface area contributed by atoms with Gasteiger partial charge in [-0.1, -0.05) is 6.42 Å². The first-order valence-electron chi connectivity index (χ1n) is 10.9. The fourth-order valence-electron chi connectivity index (χ4n) is 4.52. The summed E-state index contributed by atoms with van der Waals surface area (Å²) in [6.07, 6.45) is 9.08. The van der Waals surface area contributed by atoms with Crippen LogP contribution in [-0.2, 0) is 0 Å². The van der Waals surface area contributed by atoms with E-state index in [1.54, 1.807) is 18.3 Å². The highest BCUT2D eigenvalue weighted by molar-refractivity contribution is 6.11. The molecule has 1 aromatic carbocycles. The lowest BCUT2D eigenvalue weighted by Crippen LogP contribution is -2.46. The van der Waals surface area contributed by atoms with Crippen LogP contribution in [-0.4, -0.2) is 61.9 Å². The Labute approximate surface area is 178 Å². The monoisotopic (exact) mass is 415 g/mol. The van der Waals surface area contributed by atoms with Crippen LogP contribution in [0.4, 0.5) is 11.4 Å². The molecule has 30 heavy (non-hydrogen) atoms. The molecule has 0 amide bonds. The standard InChI is InChI=1S/C22H33N5O3/c1-3-24-16-17(15-23)19-13-21(27(28)29)22(30-2)14-20(19)26-11-7-18(8-12-26)25-9-5-4-6-10-25/h13-16,18,23-24H,3-12H2,1-2H3/b17-16+,23-15?. The van der Waals surface area contributed by atoms with Gasteiger partial charge in [-0.2, -0.15) is 0 Å². The predicted octanol–water partition coefficient (Wildman–Crippen LogP) is 3.66. The zero-order chi connectivity index (χ0) is 21.5. The van der Waals surface area contributed by atoms with Crippen molar-refractivity contribution in [1.82, 2.24) is 10.2 Å². The molecular formula is C22H33N5O3. The van der Waals surface area contributed by atoms with Crippen molar-refractivity contribution in [2.45, 2.75) is 45.1 Å². The van der Waals surface area contributed by atoms with Gasteiger partial charge in [0, 0.05) is 67.0 Å². The SMILES string of the molecule is CCN/C=C(\C=N)c1cc([N+](=O)[O-])c(OC)cc1N1CCC(N2CCCCC2)CC1. The first-order valence-corrected chi connectivity index (χ1v) is 10.9. The Morgan fingerprint density at radius 1 is 1.27 bits per heavy atom. The Morgan fingerprint density at radius 2 is 1.97 bits per heavy atom. The van der Waals surface area contributed by atoms with Crippen molar-refractivity contribution in [2.24, 2.45) is 0 Å². The molecule has 164 valence electrons. The molecule has 1 aromatic rings. The maximum atomic E-state index is 11.6. The van der Waals surface area contributed by atoms with Crippen molar-refractivity contribution in [1.29, 1.82) is 5.41 Å². The molecule has 0 aliphatic carbocycles. The number of benzene rings is 1. The van der Waals surface area contributed by atoms with Crippen molar-refractivity contribution in [3.05, 3.63) is 34.0 Å². The zero-order valence-corrected chi connectivity index (χ0v) is 18.0. The van der Waals surface area contributed by atoms with Gasteiger partial charge >= 0.3 is 5.69 Å². The van der Waals surface area contributed by atoms with E-state index in [0.29, 0.717) is 23.7 Å². The number of allylic oxidation sites excluding steroid dienone is 1. The average Bonchev–Trinajstić information content (AvgIpc) is 2.79. The van der Waals surface area contributed by atoms with E-state index in [4.69, 9.17) is 10.1 Å². The Balaban J connectivity index is 1.90. The van der Waals surface area contributed by atoms with Gasteiger partial charge in [0.25, 0.3) is 0 Å². The van der Waals surface area contributed by atoms with Crippen molar-refractivity contribution in [2.75, 3.05) is 44.7 Å². The maximum Gasteiger partial charge on any atom is 0.311 e. The van der Waals surface area contributed by atoms with Gasteiger partial charge < -0.3 is 25.3 Å². The number of methoxy groups -OCH3 is 1. The van der Waals surface area contributed by atoms with E-state index in [2.05, 4.69) is 15.1 Å². The summed E-state index contributed by atoms with van der Waals surface area (Å²) in [5.74, 6) is 0.254. The van der Waals surface area contributed by atoms with Gasteiger partial charge in [-0.3, -0.25) is 10.1 Å². The summed E-state index contributed by atoms with van der Waals surface area (Å²) in [5, 5.41) is 22.6. The van der Waals surface area contributed by atoms with Crippen LogP contribution in [0, 0.1) is 15.5 Å². The minimum Gasteiger partial charge on any atom is -0.490 e. The number of nitrogens with zero attached hydrogens (tertiary/aromatic N) is 3. The quantitative estimate of drug-likeness (QED) is 0.382. The molecule has 2 fully saturated rings. The van der Waals surface area contributed by atoms with Crippen LogP contribution in [0.2, 0.25) is 0 Å². The van der Waals surface area contributed by atoms with Crippen LogP contribution >= 0.6 is 0 Å². The number of rotatable bonds is 8. The highest BCUT2D eigenvalue weighted by Crippen LogP contribution is 2.39. The van der Waals surface area contributed by atoms with Crippen molar-refractivity contribution >= 4 is 23.2 Å². The second kappa shape index (κ2) is 10.4. The van der Waals surface area contributed by atoms with Gasteiger partial charge in [-0.15, -0.1) is 0 Å². The van der Waals surface area contributed by atoms with E-state index < -0.39 is 4.92 Å². The van der Waals surface area contributed by atoms with Gasteiger partial charge in [0.1, 0.15) is 0 Å². The Morgan fingerprint density at radius 3 is 2.53 bits per heavy atom. The minimum atomic E-state index is -0.427. The summed E-state index contributed by atoms with van der Waals surface area (Å²) in [7, 11) is 1.46. The van der Waals surface area contributed by atoms with Gasteiger partial charge in [0.05, 0.1) is 12.0 Å². The number of nitro groups is 1. The summed E-state index contributed by atoms with van der Waals surface area (Å²) < 4.78 is 5.34. The first-order chi connectivity index (χ1) is 14.6. The number of piperidine rings is 2. The van der Waals surface area contributed by atoms with E-state index in [0.717, 1.165) is 31.6 Å². The van der Waals surface area contributed by atoms with Gasteiger partial charge in [0.15, 0.2) is 5.75 Å². The number of anilines is 1. The summed E-state index contributed by atoms with van der Waals surface area (Å²) in [6, 6.07) is 3.92. The second-order valence-electron chi connectivity index (χ2n) is 7.91. The van der Waals surface area contributed by atoms with Crippen molar-refractivity contribution in [3.63, 3.8) is 0 Å². The smallest absolute Gasteiger partial charge is 0.311 e. The summed E-state index contributed by atoms with van der Waals surface area (Å²) in [4.78, 5) is 16.1. The largest absolute Gasteiger partial charge is 0.490 e. The predicted molar refractivity (Wildman–Crippen MR) is 121 cm³/mol. The number of hydrogen-bond acceptors (Lipinski definition) is 7. The lowest BCUT2D eigenvalue weighted by molar-refractivity contribution is -0.385. The molecule has 0 radical (unpaired) electrons. The van der Waals surface area contributed by atoms with Crippen molar-refractivity contribution in [3.8, 4) is 5.75 Å². The van der Waals surface area contributed by atoms with Gasteiger partial charge in [0.2, 0.25) is 0 Å². The van der Waals surface area contributed by atoms with Crippen LogP contribution in [0.5, 0.6) is 5.75 Å².